The molecule has 2 heterocycles. The average Bonchev–Trinajstić information content (AvgIpc) is 2.84. The first-order valence-corrected chi connectivity index (χ1v) is 13.2. The van der Waals surface area contributed by atoms with Crippen LogP contribution in [0.5, 0.6) is 5.75 Å². The minimum atomic E-state index is -3.69. The predicted molar refractivity (Wildman–Crippen MR) is 129 cm³/mol. The van der Waals surface area contributed by atoms with E-state index in [1.54, 1.807) is 6.07 Å². The van der Waals surface area contributed by atoms with Crippen molar-refractivity contribution < 1.29 is 22.7 Å². The number of anilines is 1. The van der Waals surface area contributed by atoms with Gasteiger partial charge in [-0.15, -0.1) is 0 Å². The van der Waals surface area contributed by atoms with Gasteiger partial charge in [0.15, 0.2) is 6.61 Å². The van der Waals surface area contributed by atoms with Gasteiger partial charge in [0.1, 0.15) is 12.3 Å². The standard InChI is InChI=1S/C25H31N3O5S/c1-19-11-14-27(15-12-19)34(31,32)21-9-10-23-22(16-21)28(25(30)18-33-23)17-24(29)26-13-5-8-20-6-3-2-4-7-20/h2-4,6-7,9-10,16,19H,5,8,11-15,17-18H2,1H3,(H,26,29). The van der Waals surface area contributed by atoms with Crippen molar-refractivity contribution in [2.75, 3.05) is 37.7 Å². The molecule has 0 aromatic heterocycles. The lowest BCUT2D eigenvalue weighted by atomic mass is 10.0. The molecule has 1 saturated heterocycles. The van der Waals surface area contributed by atoms with E-state index >= 15 is 0 Å². The second-order valence-corrected chi connectivity index (χ2v) is 10.9. The van der Waals surface area contributed by atoms with Gasteiger partial charge in [-0.25, -0.2) is 8.42 Å². The molecular formula is C25H31N3O5S. The lowest BCUT2D eigenvalue weighted by Crippen LogP contribution is -2.45. The fourth-order valence-corrected chi connectivity index (χ4v) is 5.74. The zero-order valence-electron chi connectivity index (χ0n) is 19.4. The molecule has 0 spiro atoms. The molecule has 0 aliphatic carbocycles. The Labute approximate surface area is 200 Å². The third kappa shape index (κ3) is 5.59. The highest BCUT2D eigenvalue weighted by Gasteiger charge is 2.32. The Morgan fingerprint density at radius 1 is 1.12 bits per heavy atom. The van der Waals surface area contributed by atoms with Gasteiger partial charge in [-0.05, 0) is 55.4 Å². The topological polar surface area (TPSA) is 96.0 Å². The zero-order chi connectivity index (χ0) is 24.1. The van der Waals surface area contributed by atoms with E-state index in [1.807, 2.05) is 30.3 Å². The molecule has 2 aliphatic heterocycles. The molecule has 2 aromatic carbocycles. The van der Waals surface area contributed by atoms with Gasteiger partial charge in [0.05, 0.1) is 10.6 Å². The molecule has 2 amide bonds. The van der Waals surface area contributed by atoms with Gasteiger partial charge in [-0.1, -0.05) is 37.3 Å². The first-order chi connectivity index (χ1) is 16.3. The molecule has 0 saturated carbocycles. The number of hydrogen-bond acceptors (Lipinski definition) is 5. The van der Waals surface area contributed by atoms with Crippen LogP contribution in [-0.2, 0) is 26.0 Å². The van der Waals surface area contributed by atoms with Crippen LogP contribution in [0.25, 0.3) is 0 Å². The molecule has 9 heteroatoms. The fourth-order valence-electron chi connectivity index (χ4n) is 4.25. The first kappa shape index (κ1) is 24.2. The molecule has 2 aliphatic rings. The molecule has 1 N–H and O–H groups in total. The number of sulfonamides is 1. The number of ether oxygens (including phenoxy) is 1. The number of nitrogens with one attached hydrogen (secondary N) is 1. The van der Waals surface area contributed by atoms with Crippen LogP contribution in [-0.4, -0.2) is 57.3 Å². The molecule has 182 valence electrons. The van der Waals surface area contributed by atoms with Gasteiger partial charge in [0, 0.05) is 19.6 Å². The van der Waals surface area contributed by atoms with E-state index in [-0.39, 0.29) is 29.9 Å². The number of rotatable bonds is 8. The maximum Gasteiger partial charge on any atom is 0.265 e. The summed E-state index contributed by atoms with van der Waals surface area (Å²) in [5.41, 5.74) is 1.51. The Morgan fingerprint density at radius 2 is 1.85 bits per heavy atom. The van der Waals surface area contributed by atoms with Crippen LogP contribution in [0.1, 0.15) is 31.7 Å². The number of nitrogens with zero attached hydrogens (tertiary/aromatic N) is 2. The Morgan fingerprint density at radius 3 is 2.59 bits per heavy atom. The Balaban J connectivity index is 1.42. The molecule has 34 heavy (non-hydrogen) atoms. The van der Waals surface area contributed by atoms with Crippen LogP contribution in [0.3, 0.4) is 0 Å². The summed E-state index contributed by atoms with van der Waals surface area (Å²) in [4.78, 5) is 26.5. The van der Waals surface area contributed by atoms with E-state index in [4.69, 9.17) is 4.74 Å². The highest BCUT2D eigenvalue weighted by atomic mass is 32.2. The van der Waals surface area contributed by atoms with Crippen molar-refractivity contribution in [3.63, 3.8) is 0 Å². The number of benzene rings is 2. The third-order valence-electron chi connectivity index (χ3n) is 6.36. The summed E-state index contributed by atoms with van der Waals surface area (Å²) in [6, 6.07) is 14.5. The fraction of sp³-hybridized carbons (Fsp3) is 0.440. The average molecular weight is 486 g/mol. The predicted octanol–water partition coefficient (Wildman–Crippen LogP) is 2.58. The number of amides is 2. The first-order valence-electron chi connectivity index (χ1n) is 11.7. The van der Waals surface area contributed by atoms with Gasteiger partial charge in [0.25, 0.3) is 5.91 Å². The van der Waals surface area contributed by atoms with Gasteiger partial charge < -0.3 is 10.1 Å². The minimum absolute atomic E-state index is 0.104. The second-order valence-electron chi connectivity index (χ2n) is 8.92. The van der Waals surface area contributed by atoms with Crippen LogP contribution >= 0.6 is 0 Å². The molecule has 2 aromatic rings. The molecule has 4 rings (SSSR count). The van der Waals surface area contributed by atoms with Crippen molar-refractivity contribution in [3.8, 4) is 5.75 Å². The summed E-state index contributed by atoms with van der Waals surface area (Å²) < 4.78 is 33.3. The van der Waals surface area contributed by atoms with E-state index in [0.29, 0.717) is 37.0 Å². The van der Waals surface area contributed by atoms with Crippen molar-refractivity contribution in [1.29, 1.82) is 0 Å². The molecule has 1 fully saturated rings. The number of piperidine rings is 1. The second kappa shape index (κ2) is 10.6. The van der Waals surface area contributed by atoms with E-state index in [2.05, 4.69) is 12.2 Å². The van der Waals surface area contributed by atoms with E-state index in [9.17, 15) is 18.0 Å². The molecule has 8 nitrogen and oxygen atoms in total. The lowest BCUT2D eigenvalue weighted by molar-refractivity contribution is -0.125. The van der Waals surface area contributed by atoms with Crippen molar-refractivity contribution in [3.05, 3.63) is 54.1 Å². The Kier molecular flexibility index (Phi) is 7.53. The maximum atomic E-state index is 13.2. The zero-order valence-corrected chi connectivity index (χ0v) is 20.2. The van der Waals surface area contributed by atoms with E-state index in [1.165, 1.54) is 26.9 Å². The highest BCUT2D eigenvalue weighted by Crippen LogP contribution is 2.35. The normalized spacial score (nSPS) is 17.2. The third-order valence-corrected chi connectivity index (χ3v) is 8.26. The van der Waals surface area contributed by atoms with Gasteiger partial charge in [-0.3, -0.25) is 14.5 Å². The summed E-state index contributed by atoms with van der Waals surface area (Å²) in [5, 5.41) is 2.85. The van der Waals surface area contributed by atoms with Crippen molar-refractivity contribution in [2.24, 2.45) is 5.92 Å². The Hall–Kier alpha value is -2.91. The number of carbonyl (C=O) groups excluding carboxylic acids is 2. The molecule has 0 atom stereocenters. The molecule has 0 bridgehead atoms. The Bertz CT molecular complexity index is 1130. The van der Waals surface area contributed by atoms with E-state index in [0.717, 1.165) is 25.7 Å². The van der Waals surface area contributed by atoms with Gasteiger partial charge in [0.2, 0.25) is 15.9 Å². The van der Waals surface area contributed by atoms with Gasteiger partial charge in [-0.2, -0.15) is 4.31 Å². The van der Waals surface area contributed by atoms with Crippen molar-refractivity contribution in [1.82, 2.24) is 9.62 Å². The molecule has 0 unspecified atom stereocenters. The quantitative estimate of drug-likeness (QED) is 0.580. The molecule has 0 radical (unpaired) electrons. The van der Waals surface area contributed by atoms with Crippen LogP contribution < -0.4 is 15.0 Å². The van der Waals surface area contributed by atoms with Crippen LogP contribution in [0.15, 0.2) is 53.4 Å². The van der Waals surface area contributed by atoms with Gasteiger partial charge >= 0.3 is 0 Å². The SMILES string of the molecule is CC1CCN(S(=O)(=O)c2ccc3c(c2)N(CC(=O)NCCCc2ccccc2)C(=O)CO3)CC1. The lowest BCUT2D eigenvalue weighted by Gasteiger charge is -2.31. The smallest absolute Gasteiger partial charge is 0.265 e. The van der Waals surface area contributed by atoms with Crippen LogP contribution in [0, 0.1) is 5.92 Å². The number of hydrogen-bond donors (Lipinski definition) is 1. The number of aryl methyl sites for hydroxylation is 1. The van der Waals surface area contributed by atoms with Crippen molar-refractivity contribution >= 4 is 27.5 Å². The van der Waals surface area contributed by atoms with Crippen LogP contribution in [0.4, 0.5) is 5.69 Å². The molecular weight excluding hydrogens is 454 g/mol. The van der Waals surface area contributed by atoms with E-state index < -0.39 is 10.0 Å². The summed E-state index contributed by atoms with van der Waals surface area (Å²) in [7, 11) is -3.69. The monoisotopic (exact) mass is 485 g/mol. The summed E-state index contributed by atoms with van der Waals surface area (Å²) in [5.74, 6) is 0.214. The van der Waals surface area contributed by atoms with Crippen molar-refractivity contribution in [2.45, 2.75) is 37.5 Å². The number of carbonyl (C=O) groups is 2. The minimum Gasteiger partial charge on any atom is -0.482 e. The maximum absolute atomic E-state index is 13.2. The summed E-state index contributed by atoms with van der Waals surface area (Å²) in [6.45, 7) is 3.18. The summed E-state index contributed by atoms with van der Waals surface area (Å²) in [6.07, 6.45) is 3.27. The summed E-state index contributed by atoms with van der Waals surface area (Å²) >= 11 is 0. The number of fused-ring (bicyclic) bond motifs is 1. The highest BCUT2D eigenvalue weighted by molar-refractivity contribution is 7.89. The largest absolute Gasteiger partial charge is 0.482 e. The van der Waals surface area contributed by atoms with Crippen LogP contribution in [0.2, 0.25) is 0 Å².